The van der Waals surface area contributed by atoms with Gasteiger partial charge in [0.15, 0.2) is 0 Å². The van der Waals surface area contributed by atoms with E-state index < -0.39 is 0 Å². The number of hydrogen-bond donors (Lipinski definition) is 0. The predicted molar refractivity (Wildman–Crippen MR) is 68.9 cm³/mol. The molecule has 0 saturated heterocycles. The molecular weight excluding hydrogens is 200 g/mol. The maximum absolute atomic E-state index is 2.35. The van der Waals surface area contributed by atoms with Crippen LogP contribution in [0.2, 0.25) is 0 Å². The lowest BCUT2D eigenvalue weighted by Gasteiger charge is -2.24. The fraction of sp³-hybridized carbons (Fsp3) is 0.571. The Labute approximate surface area is 97.5 Å². The van der Waals surface area contributed by atoms with Gasteiger partial charge in [-0.2, -0.15) is 0 Å². The van der Waals surface area contributed by atoms with E-state index in [1.807, 2.05) is 11.8 Å². The van der Waals surface area contributed by atoms with Crippen LogP contribution >= 0.6 is 11.8 Å². The highest BCUT2D eigenvalue weighted by molar-refractivity contribution is 7.99. The number of thioether (sulfide) groups is 1. The highest BCUT2D eigenvalue weighted by Crippen LogP contribution is 2.47. The maximum Gasteiger partial charge on any atom is 0.0147 e. The molecule has 15 heavy (non-hydrogen) atoms. The van der Waals surface area contributed by atoms with Gasteiger partial charge in [-0.25, -0.2) is 0 Å². The van der Waals surface area contributed by atoms with E-state index in [0.717, 1.165) is 0 Å². The van der Waals surface area contributed by atoms with Crippen LogP contribution in [0.25, 0.3) is 0 Å². The van der Waals surface area contributed by atoms with E-state index in [1.165, 1.54) is 16.2 Å². The van der Waals surface area contributed by atoms with Gasteiger partial charge in [0.05, 0.1) is 0 Å². The van der Waals surface area contributed by atoms with Crippen LogP contribution in [0.5, 0.6) is 0 Å². The molecule has 1 aromatic carbocycles. The van der Waals surface area contributed by atoms with E-state index in [0.29, 0.717) is 5.41 Å². The van der Waals surface area contributed by atoms with Gasteiger partial charge in [0, 0.05) is 16.1 Å². The SMILES string of the molecule is CC(C)(C)c1cccc2c1SCC2(C)C. The van der Waals surface area contributed by atoms with Crippen LogP contribution in [0.15, 0.2) is 23.1 Å². The minimum absolute atomic E-state index is 0.263. The van der Waals surface area contributed by atoms with E-state index in [9.17, 15) is 0 Å². The molecule has 0 nitrogen and oxygen atoms in total. The fourth-order valence-electron chi connectivity index (χ4n) is 2.15. The van der Waals surface area contributed by atoms with E-state index in [2.05, 4.69) is 52.8 Å². The minimum Gasteiger partial charge on any atom is -0.125 e. The molecule has 82 valence electrons. The zero-order chi connectivity index (χ0) is 11.3. The summed E-state index contributed by atoms with van der Waals surface area (Å²) in [6.07, 6.45) is 0. The van der Waals surface area contributed by atoms with Crippen molar-refractivity contribution in [3.8, 4) is 0 Å². The van der Waals surface area contributed by atoms with Crippen molar-refractivity contribution in [3.63, 3.8) is 0 Å². The first-order valence-electron chi connectivity index (χ1n) is 5.59. The number of benzene rings is 1. The zero-order valence-corrected chi connectivity index (χ0v) is 11.2. The Bertz CT molecular complexity index is 383. The summed E-state index contributed by atoms with van der Waals surface area (Å²) in [5.41, 5.74) is 3.66. The molecule has 0 unspecified atom stereocenters. The van der Waals surface area contributed by atoms with Gasteiger partial charge in [-0.15, -0.1) is 11.8 Å². The molecule has 0 saturated carbocycles. The average molecular weight is 220 g/mol. The van der Waals surface area contributed by atoms with Crippen LogP contribution in [0.1, 0.15) is 45.7 Å². The van der Waals surface area contributed by atoms with Gasteiger partial charge in [-0.3, -0.25) is 0 Å². The molecule has 1 heteroatoms. The highest BCUT2D eigenvalue weighted by Gasteiger charge is 2.33. The second-order valence-corrected chi connectivity index (χ2v) is 7.09. The van der Waals surface area contributed by atoms with E-state index in [4.69, 9.17) is 0 Å². The first-order chi connectivity index (χ1) is 6.82. The van der Waals surface area contributed by atoms with Crippen LogP contribution in [0.4, 0.5) is 0 Å². The molecule has 0 bridgehead atoms. The summed E-state index contributed by atoms with van der Waals surface area (Å²) < 4.78 is 0. The first-order valence-corrected chi connectivity index (χ1v) is 6.58. The van der Waals surface area contributed by atoms with Crippen molar-refractivity contribution in [1.82, 2.24) is 0 Å². The van der Waals surface area contributed by atoms with Gasteiger partial charge in [-0.1, -0.05) is 52.8 Å². The molecule has 0 atom stereocenters. The Morgan fingerprint density at radius 3 is 2.47 bits per heavy atom. The van der Waals surface area contributed by atoms with E-state index in [1.54, 1.807) is 5.56 Å². The van der Waals surface area contributed by atoms with Crippen molar-refractivity contribution in [2.45, 2.75) is 50.3 Å². The summed E-state index contributed by atoms with van der Waals surface area (Å²) in [5.74, 6) is 1.22. The molecule has 0 amide bonds. The quantitative estimate of drug-likeness (QED) is 0.625. The van der Waals surface area contributed by atoms with Crippen LogP contribution in [0.3, 0.4) is 0 Å². The van der Waals surface area contributed by atoms with Gasteiger partial charge in [0.25, 0.3) is 0 Å². The largest absolute Gasteiger partial charge is 0.125 e. The molecule has 0 fully saturated rings. The van der Waals surface area contributed by atoms with Gasteiger partial charge in [-0.05, 0) is 16.5 Å². The monoisotopic (exact) mass is 220 g/mol. The molecule has 0 radical (unpaired) electrons. The summed E-state index contributed by atoms with van der Waals surface area (Å²) >= 11 is 2.03. The molecule has 1 heterocycles. The number of rotatable bonds is 0. The van der Waals surface area contributed by atoms with Crippen molar-refractivity contribution in [3.05, 3.63) is 29.3 Å². The number of fused-ring (bicyclic) bond motifs is 1. The normalized spacial score (nSPS) is 19.0. The molecule has 0 aromatic heterocycles. The van der Waals surface area contributed by atoms with E-state index >= 15 is 0 Å². The zero-order valence-electron chi connectivity index (χ0n) is 10.3. The molecular formula is C14H20S. The Balaban J connectivity index is 2.60. The first kappa shape index (κ1) is 11.1. The second kappa shape index (κ2) is 3.28. The third-order valence-electron chi connectivity index (χ3n) is 3.13. The standard InChI is InChI=1S/C14H20S/c1-13(2,3)10-7-6-8-11-12(10)15-9-14(11,4)5/h6-8H,9H2,1-5H3. The Hall–Kier alpha value is -0.430. The van der Waals surface area contributed by atoms with Crippen molar-refractivity contribution in [1.29, 1.82) is 0 Å². The van der Waals surface area contributed by atoms with Crippen molar-refractivity contribution in [2.24, 2.45) is 0 Å². The summed E-state index contributed by atoms with van der Waals surface area (Å²) in [7, 11) is 0. The Morgan fingerprint density at radius 2 is 1.87 bits per heavy atom. The van der Waals surface area contributed by atoms with Crippen LogP contribution in [0, 0.1) is 0 Å². The Kier molecular flexibility index (Phi) is 2.42. The molecule has 0 aliphatic carbocycles. The van der Waals surface area contributed by atoms with E-state index in [-0.39, 0.29) is 5.41 Å². The van der Waals surface area contributed by atoms with Gasteiger partial charge in [0.1, 0.15) is 0 Å². The third kappa shape index (κ3) is 1.82. The van der Waals surface area contributed by atoms with Crippen LogP contribution in [-0.4, -0.2) is 5.75 Å². The van der Waals surface area contributed by atoms with Crippen molar-refractivity contribution in [2.75, 3.05) is 5.75 Å². The lowest BCUT2D eigenvalue weighted by atomic mass is 9.81. The molecule has 0 spiro atoms. The molecule has 1 aliphatic heterocycles. The van der Waals surface area contributed by atoms with Gasteiger partial charge < -0.3 is 0 Å². The van der Waals surface area contributed by atoms with Gasteiger partial charge >= 0.3 is 0 Å². The second-order valence-electron chi connectivity index (χ2n) is 6.10. The number of hydrogen-bond acceptors (Lipinski definition) is 1. The lowest BCUT2D eigenvalue weighted by molar-refractivity contribution is 0.563. The topological polar surface area (TPSA) is 0 Å². The third-order valence-corrected chi connectivity index (χ3v) is 4.72. The minimum atomic E-state index is 0.263. The fourth-order valence-corrected chi connectivity index (χ4v) is 3.84. The maximum atomic E-state index is 2.35. The van der Waals surface area contributed by atoms with Gasteiger partial charge in [0.2, 0.25) is 0 Å². The van der Waals surface area contributed by atoms with Crippen LogP contribution < -0.4 is 0 Å². The molecule has 1 aliphatic rings. The highest BCUT2D eigenvalue weighted by atomic mass is 32.2. The van der Waals surface area contributed by atoms with Crippen LogP contribution in [-0.2, 0) is 10.8 Å². The van der Waals surface area contributed by atoms with Crippen molar-refractivity contribution < 1.29 is 0 Å². The molecule has 1 aromatic rings. The average Bonchev–Trinajstić information content (AvgIpc) is 2.41. The molecule has 2 rings (SSSR count). The summed E-state index contributed by atoms with van der Waals surface area (Å²) in [5, 5.41) is 0. The Morgan fingerprint density at radius 1 is 1.20 bits per heavy atom. The predicted octanol–water partition coefficient (Wildman–Crippen LogP) is 4.37. The lowest BCUT2D eigenvalue weighted by Crippen LogP contribution is -2.17. The summed E-state index contributed by atoms with van der Waals surface area (Å²) in [4.78, 5) is 1.54. The summed E-state index contributed by atoms with van der Waals surface area (Å²) in [6, 6.07) is 6.80. The smallest absolute Gasteiger partial charge is 0.0147 e. The summed E-state index contributed by atoms with van der Waals surface area (Å²) in [6.45, 7) is 11.6. The van der Waals surface area contributed by atoms with Crippen molar-refractivity contribution >= 4 is 11.8 Å². The molecule has 0 N–H and O–H groups in total.